The van der Waals surface area contributed by atoms with Crippen LogP contribution in [-0.2, 0) is 11.3 Å². The highest BCUT2D eigenvalue weighted by molar-refractivity contribution is 7.07. The van der Waals surface area contributed by atoms with Gasteiger partial charge < -0.3 is 15.0 Å². The van der Waals surface area contributed by atoms with Crippen LogP contribution in [0, 0.1) is 12.7 Å². The van der Waals surface area contributed by atoms with Crippen molar-refractivity contribution in [2.75, 3.05) is 6.54 Å². The van der Waals surface area contributed by atoms with Crippen LogP contribution in [0.4, 0.5) is 4.39 Å². The summed E-state index contributed by atoms with van der Waals surface area (Å²) in [5.74, 6) is -0.629. The number of carbonyl (C=O) groups excluding carboxylic acids is 1. The molecule has 1 heterocycles. The number of halogens is 1. The highest BCUT2D eigenvalue weighted by Crippen LogP contribution is 2.12. The molecule has 0 aliphatic heterocycles. The summed E-state index contributed by atoms with van der Waals surface area (Å²) >= 11 is 1.10. The Morgan fingerprint density at radius 1 is 1.41 bits per heavy atom. The third kappa shape index (κ3) is 4.25. The van der Waals surface area contributed by atoms with E-state index in [4.69, 9.17) is 0 Å². The molecule has 0 saturated carbocycles. The Labute approximate surface area is 131 Å². The van der Waals surface area contributed by atoms with Crippen molar-refractivity contribution in [1.82, 2.24) is 9.88 Å². The monoisotopic (exact) mass is 324 g/mol. The molecular weight excluding hydrogens is 307 g/mol. The van der Waals surface area contributed by atoms with E-state index in [0.29, 0.717) is 12.1 Å². The SMILES string of the molecule is Cc1csc(=O)n1CCC(=O)NCC(O)c1ccc(F)cc1. The van der Waals surface area contributed by atoms with E-state index >= 15 is 0 Å². The van der Waals surface area contributed by atoms with Gasteiger partial charge in [0.05, 0.1) is 6.10 Å². The first-order valence-electron chi connectivity index (χ1n) is 6.82. The zero-order chi connectivity index (χ0) is 16.1. The van der Waals surface area contributed by atoms with E-state index in [2.05, 4.69) is 5.32 Å². The Morgan fingerprint density at radius 2 is 2.09 bits per heavy atom. The van der Waals surface area contributed by atoms with Gasteiger partial charge in [-0.3, -0.25) is 9.59 Å². The number of hydrogen-bond acceptors (Lipinski definition) is 4. The third-order valence-electron chi connectivity index (χ3n) is 3.29. The van der Waals surface area contributed by atoms with Crippen LogP contribution in [0.15, 0.2) is 34.4 Å². The van der Waals surface area contributed by atoms with Crippen LogP contribution < -0.4 is 10.2 Å². The maximum Gasteiger partial charge on any atom is 0.307 e. The molecule has 2 N–H and O–H groups in total. The fourth-order valence-corrected chi connectivity index (χ4v) is 2.75. The predicted molar refractivity (Wildman–Crippen MR) is 82.3 cm³/mol. The molecule has 2 aromatic rings. The Balaban J connectivity index is 1.80. The molecule has 1 unspecified atom stereocenters. The molecule has 0 aliphatic rings. The van der Waals surface area contributed by atoms with Gasteiger partial charge >= 0.3 is 4.87 Å². The normalized spacial score (nSPS) is 12.1. The van der Waals surface area contributed by atoms with Crippen LogP contribution in [0.2, 0.25) is 0 Å². The van der Waals surface area contributed by atoms with Crippen molar-refractivity contribution in [3.05, 3.63) is 56.4 Å². The van der Waals surface area contributed by atoms with Crippen LogP contribution in [0.3, 0.4) is 0 Å². The van der Waals surface area contributed by atoms with Gasteiger partial charge in [-0.05, 0) is 24.6 Å². The first-order chi connectivity index (χ1) is 10.5. The van der Waals surface area contributed by atoms with Crippen molar-refractivity contribution in [2.45, 2.75) is 26.0 Å². The van der Waals surface area contributed by atoms with E-state index in [1.807, 2.05) is 6.92 Å². The smallest absolute Gasteiger partial charge is 0.307 e. The minimum absolute atomic E-state index is 0.0436. The minimum atomic E-state index is -0.893. The van der Waals surface area contributed by atoms with Crippen molar-refractivity contribution < 1.29 is 14.3 Å². The van der Waals surface area contributed by atoms with E-state index in [9.17, 15) is 19.1 Å². The fraction of sp³-hybridized carbons (Fsp3) is 0.333. The van der Waals surface area contributed by atoms with Crippen molar-refractivity contribution in [3.8, 4) is 0 Å². The van der Waals surface area contributed by atoms with Crippen LogP contribution in [0.5, 0.6) is 0 Å². The Bertz CT molecular complexity index is 694. The van der Waals surface area contributed by atoms with Crippen LogP contribution >= 0.6 is 11.3 Å². The summed E-state index contributed by atoms with van der Waals surface area (Å²) in [6.45, 7) is 2.17. The largest absolute Gasteiger partial charge is 0.387 e. The molecule has 1 atom stereocenters. The quantitative estimate of drug-likeness (QED) is 0.848. The standard InChI is InChI=1S/C15H17FN2O3S/c1-10-9-22-15(21)18(10)7-6-14(20)17-8-13(19)11-2-4-12(16)5-3-11/h2-5,9,13,19H,6-8H2,1H3,(H,17,20). The molecule has 0 bridgehead atoms. The lowest BCUT2D eigenvalue weighted by Gasteiger charge is -2.12. The van der Waals surface area contributed by atoms with Gasteiger partial charge in [-0.15, -0.1) is 0 Å². The predicted octanol–water partition coefficient (Wildman–Crippen LogP) is 1.60. The number of nitrogens with zero attached hydrogens (tertiary/aromatic N) is 1. The number of hydrogen-bond donors (Lipinski definition) is 2. The van der Waals surface area contributed by atoms with Gasteiger partial charge in [0.2, 0.25) is 5.91 Å². The summed E-state index contributed by atoms with van der Waals surface area (Å²) in [5, 5.41) is 14.3. The molecule has 1 amide bonds. The Kier molecular flexibility index (Phi) is 5.46. The average molecular weight is 324 g/mol. The van der Waals surface area contributed by atoms with Gasteiger partial charge in [-0.25, -0.2) is 4.39 Å². The molecule has 1 aromatic carbocycles. The molecule has 0 aliphatic carbocycles. The zero-order valence-electron chi connectivity index (χ0n) is 12.1. The zero-order valence-corrected chi connectivity index (χ0v) is 12.9. The molecule has 1 aromatic heterocycles. The van der Waals surface area contributed by atoms with Gasteiger partial charge in [0.25, 0.3) is 0 Å². The number of carbonyl (C=O) groups is 1. The minimum Gasteiger partial charge on any atom is -0.387 e. The van der Waals surface area contributed by atoms with Crippen molar-refractivity contribution in [1.29, 1.82) is 0 Å². The molecule has 7 heteroatoms. The van der Waals surface area contributed by atoms with Gasteiger partial charge in [0.1, 0.15) is 5.82 Å². The van der Waals surface area contributed by atoms with E-state index in [-0.39, 0.29) is 29.6 Å². The third-order valence-corrected chi connectivity index (χ3v) is 4.17. The van der Waals surface area contributed by atoms with Gasteiger partial charge in [-0.1, -0.05) is 23.5 Å². The first-order valence-corrected chi connectivity index (χ1v) is 7.70. The number of aliphatic hydroxyl groups excluding tert-OH is 1. The summed E-state index contributed by atoms with van der Waals surface area (Å²) in [4.78, 5) is 23.2. The lowest BCUT2D eigenvalue weighted by Crippen LogP contribution is -2.30. The summed E-state index contributed by atoms with van der Waals surface area (Å²) in [7, 11) is 0. The van der Waals surface area contributed by atoms with Crippen LogP contribution in [0.25, 0.3) is 0 Å². The molecule has 0 spiro atoms. The number of benzene rings is 1. The summed E-state index contributed by atoms with van der Waals surface area (Å²) in [5.41, 5.74) is 1.36. The Hall–Kier alpha value is -1.99. The molecule has 22 heavy (non-hydrogen) atoms. The van der Waals surface area contributed by atoms with Gasteiger partial charge in [0, 0.05) is 30.6 Å². The number of thiazole rings is 1. The summed E-state index contributed by atoms with van der Waals surface area (Å²) in [6.07, 6.45) is -0.733. The molecule has 0 radical (unpaired) electrons. The van der Waals surface area contributed by atoms with E-state index in [1.54, 1.807) is 9.95 Å². The second-order valence-corrected chi connectivity index (χ2v) is 5.74. The highest BCUT2D eigenvalue weighted by atomic mass is 32.1. The van der Waals surface area contributed by atoms with Crippen LogP contribution in [0.1, 0.15) is 23.8 Å². The van der Waals surface area contributed by atoms with Crippen molar-refractivity contribution >= 4 is 17.2 Å². The second-order valence-electron chi connectivity index (χ2n) is 4.92. The average Bonchev–Trinajstić information content (AvgIpc) is 2.82. The number of aromatic nitrogens is 1. The van der Waals surface area contributed by atoms with Crippen LogP contribution in [-0.4, -0.2) is 22.1 Å². The van der Waals surface area contributed by atoms with Gasteiger partial charge in [0.15, 0.2) is 0 Å². The lowest BCUT2D eigenvalue weighted by atomic mass is 10.1. The molecule has 2 rings (SSSR count). The molecule has 118 valence electrons. The number of aliphatic hydroxyl groups is 1. The highest BCUT2D eigenvalue weighted by Gasteiger charge is 2.10. The number of nitrogens with one attached hydrogen (secondary N) is 1. The summed E-state index contributed by atoms with van der Waals surface area (Å²) in [6, 6.07) is 5.46. The van der Waals surface area contributed by atoms with Crippen molar-refractivity contribution in [2.24, 2.45) is 0 Å². The second kappa shape index (κ2) is 7.33. The topological polar surface area (TPSA) is 71.3 Å². The lowest BCUT2D eigenvalue weighted by molar-refractivity contribution is -0.121. The van der Waals surface area contributed by atoms with E-state index in [1.165, 1.54) is 24.3 Å². The maximum absolute atomic E-state index is 12.8. The Morgan fingerprint density at radius 3 is 2.68 bits per heavy atom. The molecular formula is C15H17FN2O3S. The number of aryl methyl sites for hydroxylation is 1. The van der Waals surface area contributed by atoms with Crippen molar-refractivity contribution in [3.63, 3.8) is 0 Å². The molecule has 0 fully saturated rings. The maximum atomic E-state index is 12.8. The first kappa shape index (κ1) is 16.4. The number of amides is 1. The van der Waals surface area contributed by atoms with Gasteiger partial charge in [-0.2, -0.15) is 0 Å². The summed E-state index contributed by atoms with van der Waals surface area (Å²) < 4.78 is 14.3. The fourth-order valence-electron chi connectivity index (χ4n) is 1.99. The van der Waals surface area contributed by atoms with E-state index < -0.39 is 6.10 Å². The molecule has 0 saturated heterocycles. The molecule has 5 nitrogen and oxygen atoms in total. The van der Waals surface area contributed by atoms with E-state index in [0.717, 1.165) is 17.0 Å². The number of rotatable bonds is 6.